The lowest BCUT2D eigenvalue weighted by atomic mass is 10.0. The monoisotopic (exact) mass is 375 g/mol. The lowest BCUT2D eigenvalue weighted by Gasteiger charge is -2.17. The van der Waals surface area contributed by atoms with E-state index in [9.17, 15) is 18.0 Å². The summed E-state index contributed by atoms with van der Waals surface area (Å²) in [6, 6.07) is 14.8. The number of rotatable bonds is 7. The molecular formula is C19H21NO5S. The summed E-state index contributed by atoms with van der Waals surface area (Å²) in [7, 11) is -1.94. The highest BCUT2D eigenvalue weighted by molar-refractivity contribution is 7.89. The molecule has 0 saturated carbocycles. The van der Waals surface area contributed by atoms with Crippen LogP contribution in [0.4, 0.5) is 0 Å². The van der Waals surface area contributed by atoms with Crippen molar-refractivity contribution in [3.05, 3.63) is 71.3 Å². The predicted octanol–water partition coefficient (Wildman–Crippen LogP) is 1.75. The van der Waals surface area contributed by atoms with E-state index in [0.29, 0.717) is 12.0 Å². The van der Waals surface area contributed by atoms with Gasteiger partial charge >= 0.3 is 5.97 Å². The van der Waals surface area contributed by atoms with Gasteiger partial charge in [0.25, 0.3) is 5.91 Å². The molecule has 7 heteroatoms. The lowest BCUT2D eigenvalue weighted by molar-refractivity contribution is -0.142. The number of carbonyl (C=O) groups excluding carboxylic acids is 2. The first-order valence-electron chi connectivity index (χ1n) is 7.98. The Labute approximate surface area is 153 Å². The van der Waals surface area contributed by atoms with E-state index in [1.54, 1.807) is 18.2 Å². The molecule has 2 aromatic rings. The molecule has 0 heterocycles. The van der Waals surface area contributed by atoms with Gasteiger partial charge in [-0.25, -0.2) is 13.2 Å². The minimum absolute atomic E-state index is 0.154. The van der Waals surface area contributed by atoms with Crippen LogP contribution >= 0.6 is 0 Å². The number of esters is 1. The largest absolute Gasteiger partial charge is 0.467 e. The molecular weight excluding hydrogens is 354 g/mol. The molecule has 1 atom stereocenters. The van der Waals surface area contributed by atoms with E-state index in [-0.39, 0.29) is 11.3 Å². The second-order valence-corrected chi connectivity index (χ2v) is 8.15. The predicted molar refractivity (Wildman–Crippen MR) is 98.4 cm³/mol. The maximum absolute atomic E-state index is 12.5. The molecule has 6 nitrogen and oxygen atoms in total. The van der Waals surface area contributed by atoms with E-state index in [0.717, 1.165) is 11.8 Å². The van der Waals surface area contributed by atoms with E-state index < -0.39 is 27.8 Å². The van der Waals surface area contributed by atoms with Crippen LogP contribution in [0.1, 0.15) is 21.5 Å². The van der Waals surface area contributed by atoms with Crippen LogP contribution in [0.25, 0.3) is 0 Å². The fraction of sp³-hybridized carbons (Fsp3) is 0.263. The van der Waals surface area contributed by atoms with Gasteiger partial charge in [-0.3, -0.25) is 4.79 Å². The summed E-state index contributed by atoms with van der Waals surface area (Å²) >= 11 is 0. The van der Waals surface area contributed by atoms with Gasteiger partial charge in [0.2, 0.25) is 0 Å². The number of sulfone groups is 1. The Hall–Kier alpha value is -2.67. The molecule has 1 amide bonds. The number of hydrogen-bond acceptors (Lipinski definition) is 5. The van der Waals surface area contributed by atoms with Crippen molar-refractivity contribution >= 4 is 21.7 Å². The van der Waals surface area contributed by atoms with Crippen molar-refractivity contribution in [1.82, 2.24) is 5.32 Å². The third-order valence-electron chi connectivity index (χ3n) is 3.69. The Bertz CT molecular complexity index is 878. The van der Waals surface area contributed by atoms with Gasteiger partial charge < -0.3 is 10.1 Å². The molecule has 0 fully saturated rings. The smallest absolute Gasteiger partial charge is 0.328 e. The number of benzene rings is 2. The summed E-state index contributed by atoms with van der Waals surface area (Å²) in [4.78, 5) is 24.5. The zero-order valence-corrected chi connectivity index (χ0v) is 15.5. The molecule has 0 bridgehead atoms. The quantitative estimate of drug-likeness (QED) is 0.745. The van der Waals surface area contributed by atoms with Crippen molar-refractivity contribution in [2.24, 2.45) is 0 Å². The number of ether oxygens (including phenoxy) is 1. The van der Waals surface area contributed by atoms with Crippen LogP contribution < -0.4 is 5.32 Å². The Kier molecular flexibility index (Phi) is 6.52. The average Bonchev–Trinajstić information content (AvgIpc) is 2.60. The highest BCUT2D eigenvalue weighted by atomic mass is 32.2. The number of carbonyl (C=O) groups is 2. The van der Waals surface area contributed by atoms with E-state index in [4.69, 9.17) is 4.74 Å². The van der Waals surface area contributed by atoms with Gasteiger partial charge in [-0.1, -0.05) is 42.5 Å². The average molecular weight is 375 g/mol. The molecule has 2 rings (SSSR count). The topological polar surface area (TPSA) is 89.5 Å². The Balaban J connectivity index is 2.16. The Morgan fingerprint density at radius 1 is 1.04 bits per heavy atom. The summed E-state index contributed by atoms with van der Waals surface area (Å²) in [5.74, 6) is -1.17. The highest BCUT2D eigenvalue weighted by Gasteiger charge is 2.22. The first kappa shape index (κ1) is 19.7. The Morgan fingerprint density at radius 2 is 1.69 bits per heavy atom. The molecule has 0 aliphatic rings. The van der Waals surface area contributed by atoms with Gasteiger partial charge in [-0.05, 0) is 23.3 Å². The summed E-state index contributed by atoms with van der Waals surface area (Å²) < 4.78 is 27.6. The van der Waals surface area contributed by atoms with Crippen molar-refractivity contribution in [1.29, 1.82) is 0 Å². The maximum Gasteiger partial charge on any atom is 0.328 e. The van der Waals surface area contributed by atoms with Gasteiger partial charge in [0.15, 0.2) is 9.84 Å². The number of nitrogens with one attached hydrogen (secondary N) is 1. The standard InChI is InChI=1S/C19H21NO5S/c1-25-19(22)17(12-14-7-4-3-5-8-14)20-18(21)16-10-6-9-15(11-16)13-26(2,23)24/h3-11,17H,12-13H2,1-2H3,(H,20,21)/t17-/m0/s1. The normalized spacial score (nSPS) is 12.2. The van der Waals surface area contributed by atoms with E-state index in [1.807, 2.05) is 30.3 Å². The second-order valence-electron chi connectivity index (χ2n) is 6.01. The van der Waals surface area contributed by atoms with Crippen LogP contribution in [0.15, 0.2) is 54.6 Å². The van der Waals surface area contributed by atoms with Crippen LogP contribution in [-0.2, 0) is 31.5 Å². The van der Waals surface area contributed by atoms with Gasteiger partial charge in [0.05, 0.1) is 12.9 Å². The number of methoxy groups -OCH3 is 1. The Morgan fingerprint density at radius 3 is 2.31 bits per heavy atom. The molecule has 0 aliphatic carbocycles. The zero-order chi connectivity index (χ0) is 19.2. The van der Waals surface area contributed by atoms with E-state index in [1.165, 1.54) is 13.2 Å². The van der Waals surface area contributed by atoms with E-state index in [2.05, 4.69) is 5.32 Å². The zero-order valence-electron chi connectivity index (χ0n) is 14.6. The molecule has 0 aliphatic heterocycles. The van der Waals surface area contributed by atoms with Crippen molar-refractivity contribution in [3.63, 3.8) is 0 Å². The molecule has 1 N–H and O–H groups in total. The lowest BCUT2D eigenvalue weighted by Crippen LogP contribution is -2.43. The van der Waals surface area contributed by atoms with Crippen LogP contribution in [-0.4, -0.2) is 39.7 Å². The van der Waals surface area contributed by atoms with Crippen LogP contribution in [0, 0.1) is 0 Å². The second kappa shape index (κ2) is 8.62. The van der Waals surface area contributed by atoms with Crippen molar-refractivity contribution in [2.45, 2.75) is 18.2 Å². The van der Waals surface area contributed by atoms with Crippen LogP contribution in [0.2, 0.25) is 0 Å². The fourth-order valence-electron chi connectivity index (χ4n) is 2.53. The van der Waals surface area contributed by atoms with Crippen molar-refractivity contribution in [3.8, 4) is 0 Å². The van der Waals surface area contributed by atoms with Gasteiger partial charge in [-0.2, -0.15) is 0 Å². The SMILES string of the molecule is COC(=O)[C@H](Cc1ccccc1)NC(=O)c1cccc(CS(C)(=O)=O)c1. The molecule has 2 aromatic carbocycles. The van der Waals surface area contributed by atoms with Crippen molar-refractivity contribution < 1.29 is 22.7 Å². The minimum Gasteiger partial charge on any atom is -0.467 e. The van der Waals surface area contributed by atoms with Gasteiger partial charge in [0, 0.05) is 18.2 Å². The molecule has 0 saturated heterocycles. The number of hydrogen-bond donors (Lipinski definition) is 1. The third kappa shape index (κ3) is 6.00. The summed E-state index contributed by atoms with van der Waals surface area (Å²) in [6.07, 6.45) is 1.43. The fourth-order valence-corrected chi connectivity index (χ4v) is 3.32. The first-order valence-corrected chi connectivity index (χ1v) is 10.0. The molecule has 0 spiro atoms. The van der Waals surface area contributed by atoms with Crippen molar-refractivity contribution in [2.75, 3.05) is 13.4 Å². The van der Waals surface area contributed by atoms with Gasteiger partial charge in [0.1, 0.15) is 6.04 Å². The third-order valence-corrected chi connectivity index (χ3v) is 4.55. The molecule has 138 valence electrons. The molecule has 0 radical (unpaired) electrons. The first-order chi connectivity index (χ1) is 12.3. The molecule has 0 unspecified atom stereocenters. The summed E-state index contributed by atoms with van der Waals surface area (Å²) in [5, 5.41) is 2.66. The molecule has 0 aromatic heterocycles. The van der Waals surface area contributed by atoms with Crippen LogP contribution in [0.3, 0.4) is 0 Å². The van der Waals surface area contributed by atoms with Gasteiger partial charge in [-0.15, -0.1) is 0 Å². The van der Waals surface area contributed by atoms with E-state index >= 15 is 0 Å². The number of amides is 1. The summed E-state index contributed by atoms with van der Waals surface area (Å²) in [5.41, 5.74) is 1.68. The van der Waals surface area contributed by atoms with Crippen LogP contribution in [0.5, 0.6) is 0 Å². The highest BCUT2D eigenvalue weighted by Crippen LogP contribution is 2.10. The molecule has 26 heavy (non-hydrogen) atoms. The minimum atomic E-state index is -3.21. The summed E-state index contributed by atoms with van der Waals surface area (Å²) in [6.45, 7) is 0. The maximum atomic E-state index is 12.5.